The molecule has 1 amide bonds. The van der Waals surface area contributed by atoms with Crippen LogP contribution in [0.4, 0.5) is 18.0 Å². The molecule has 2 atom stereocenters. The number of alkyl halides is 3. The molecule has 1 aromatic rings. The summed E-state index contributed by atoms with van der Waals surface area (Å²) in [6.45, 7) is 5.44. The van der Waals surface area contributed by atoms with Gasteiger partial charge >= 0.3 is 12.3 Å². The first-order chi connectivity index (χ1) is 12.5. The van der Waals surface area contributed by atoms with Crippen LogP contribution in [0.1, 0.15) is 51.2 Å². The van der Waals surface area contributed by atoms with Gasteiger partial charge in [-0.1, -0.05) is 6.08 Å². The third kappa shape index (κ3) is 4.22. The maximum absolute atomic E-state index is 13.2. The Morgan fingerprint density at radius 2 is 1.85 bits per heavy atom. The second-order valence-corrected chi connectivity index (χ2v) is 8.03. The highest BCUT2D eigenvalue weighted by atomic mass is 19.4. The highest BCUT2D eigenvalue weighted by molar-refractivity contribution is 5.75. The van der Waals surface area contributed by atoms with E-state index in [2.05, 4.69) is 0 Å². The van der Waals surface area contributed by atoms with Crippen molar-refractivity contribution >= 4 is 11.7 Å². The molecule has 7 heteroatoms. The molecule has 1 fully saturated rings. The smallest absolute Gasteiger partial charge is 0.416 e. The van der Waals surface area contributed by atoms with Crippen molar-refractivity contribution in [3.05, 3.63) is 35.4 Å². The zero-order chi connectivity index (χ0) is 20.0. The van der Waals surface area contributed by atoms with E-state index < -0.39 is 17.3 Å². The average Bonchev–Trinajstić information content (AvgIpc) is 2.82. The standard InChI is InChI=1S/C20H24F3NO3/c1-19(2,3)27-18(25)24-15-5-6-16(24)9-13(8-15)12-7-14(20(21,22)23)11-17(10-12)26-4/h7-8,10-11,15-16H,5-6,9H2,1-4H3. The van der Waals surface area contributed by atoms with Gasteiger partial charge in [-0.15, -0.1) is 0 Å². The van der Waals surface area contributed by atoms with Crippen LogP contribution in [0.5, 0.6) is 5.75 Å². The summed E-state index contributed by atoms with van der Waals surface area (Å²) in [6, 6.07) is 3.54. The molecule has 2 aliphatic rings. The number of methoxy groups -OCH3 is 1. The van der Waals surface area contributed by atoms with E-state index in [0.717, 1.165) is 30.5 Å². The molecule has 0 saturated carbocycles. The number of hydrogen-bond donors (Lipinski definition) is 0. The predicted octanol–water partition coefficient (Wildman–Crippen LogP) is 5.27. The molecule has 0 aromatic heterocycles. The lowest BCUT2D eigenvalue weighted by Gasteiger charge is -2.35. The van der Waals surface area contributed by atoms with E-state index in [-0.39, 0.29) is 23.9 Å². The molecular formula is C20H24F3NO3. The van der Waals surface area contributed by atoms with E-state index in [1.54, 1.807) is 11.0 Å². The Bertz CT molecular complexity index is 765. The van der Waals surface area contributed by atoms with Crippen LogP contribution in [0.25, 0.3) is 5.57 Å². The normalized spacial score (nSPS) is 22.5. The number of nitrogens with zero attached hydrogens (tertiary/aromatic N) is 1. The first-order valence-corrected chi connectivity index (χ1v) is 8.96. The molecule has 4 nitrogen and oxygen atoms in total. The number of carbonyl (C=O) groups excluding carboxylic acids is 1. The maximum Gasteiger partial charge on any atom is 0.416 e. The number of ether oxygens (including phenoxy) is 2. The summed E-state index contributed by atoms with van der Waals surface area (Å²) < 4.78 is 50.1. The fraction of sp³-hybridized carbons (Fsp3) is 0.550. The molecule has 2 bridgehead atoms. The molecule has 2 heterocycles. The van der Waals surface area contributed by atoms with Crippen molar-refractivity contribution in [3.8, 4) is 5.75 Å². The summed E-state index contributed by atoms with van der Waals surface area (Å²) in [7, 11) is 1.35. The Balaban J connectivity index is 1.90. The summed E-state index contributed by atoms with van der Waals surface area (Å²) in [5, 5.41) is 0. The zero-order valence-corrected chi connectivity index (χ0v) is 15.9. The lowest BCUT2D eigenvalue weighted by atomic mass is 9.93. The molecule has 1 aromatic carbocycles. The van der Waals surface area contributed by atoms with Crippen LogP contribution < -0.4 is 4.74 Å². The van der Waals surface area contributed by atoms with E-state index in [1.165, 1.54) is 7.11 Å². The molecule has 0 spiro atoms. The molecule has 148 valence electrons. The maximum atomic E-state index is 13.2. The monoisotopic (exact) mass is 383 g/mol. The molecule has 2 aliphatic heterocycles. The second-order valence-electron chi connectivity index (χ2n) is 8.03. The van der Waals surface area contributed by atoms with Gasteiger partial charge in [0.1, 0.15) is 11.4 Å². The van der Waals surface area contributed by atoms with Crippen LogP contribution >= 0.6 is 0 Å². The number of fused-ring (bicyclic) bond motifs is 2. The third-order valence-electron chi connectivity index (χ3n) is 4.84. The van der Waals surface area contributed by atoms with Gasteiger partial charge < -0.3 is 9.47 Å². The van der Waals surface area contributed by atoms with Crippen molar-refractivity contribution in [2.75, 3.05) is 7.11 Å². The molecule has 0 N–H and O–H groups in total. The first kappa shape index (κ1) is 19.6. The van der Waals surface area contributed by atoms with Gasteiger partial charge in [0.15, 0.2) is 0 Å². The molecule has 0 aliphatic carbocycles. The zero-order valence-electron chi connectivity index (χ0n) is 15.9. The Morgan fingerprint density at radius 1 is 1.15 bits per heavy atom. The molecule has 3 rings (SSSR count). The fourth-order valence-electron chi connectivity index (χ4n) is 3.71. The molecule has 27 heavy (non-hydrogen) atoms. The van der Waals surface area contributed by atoms with E-state index >= 15 is 0 Å². The van der Waals surface area contributed by atoms with Crippen molar-refractivity contribution in [1.29, 1.82) is 0 Å². The summed E-state index contributed by atoms with van der Waals surface area (Å²) in [4.78, 5) is 14.2. The van der Waals surface area contributed by atoms with E-state index in [1.807, 2.05) is 26.8 Å². The number of rotatable bonds is 2. The van der Waals surface area contributed by atoms with Gasteiger partial charge in [0.25, 0.3) is 0 Å². The van der Waals surface area contributed by atoms with Crippen molar-refractivity contribution in [3.63, 3.8) is 0 Å². The average molecular weight is 383 g/mol. The summed E-state index contributed by atoms with van der Waals surface area (Å²) in [5.41, 5.74) is -0.0247. The van der Waals surface area contributed by atoms with Crippen LogP contribution in [0.3, 0.4) is 0 Å². The van der Waals surface area contributed by atoms with Crippen molar-refractivity contribution in [2.45, 2.75) is 63.9 Å². The van der Waals surface area contributed by atoms with Gasteiger partial charge in [0.2, 0.25) is 0 Å². The SMILES string of the molecule is COc1cc(C2=CC3CCC(C2)N3C(=O)OC(C)(C)C)cc(C(F)(F)F)c1. The Labute approximate surface area is 156 Å². The number of carbonyl (C=O) groups is 1. The van der Waals surface area contributed by atoms with E-state index in [9.17, 15) is 18.0 Å². The number of amides is 1. The molecular weight excluding hydrogens is 359 g/mol. The van der Waals surface area contributed by atoms with Gasteiger partial charge in [0, 0.05) is 6.04 Å². The highest BCUT2D eigenvalue weighted by Gasteiger charge is 2.42. The minimum Gasteiger partial charge on any atom is -0.497 e. The topological polar surface area (TPSA) is 38.8 Å². The molecule has 0 radical (unpaired) electrons. The van der Waals surface area contributed by atoms with E-state index in [4.69, 9.17) is 9.47 Å². The summed E-state index contributed by atoms with van der Waals surface area (Å²) in [6.07, 6.45) is -0.835. The van der Waals surface area contributed by atoms with Crippen molar-refractivity contribution in [1.82, 2.24) is 4.90 Å². The Morgan fingerprint density at radius 3 is 2.41 bits per heavy atom. The van der Waals surface area contributed by atoms with Gasteiger partial charge in [-0.05, 0) is 69.4 Å². The number of halogens is 3. The van der Waals surface area contributed by atoms with Crippen LogP contribution in [0.2, 0.25) is 0 Å². The minimum atomic E-state index is -4.44. The van der Waals surface area contributed by atoms with Gasteiger partial charge in [0.05, 0.1) is 18.7 Å². The molecule has 1 saturated heterocycles. The van der Waals surface area contributed by atoms with Crippen molar-refractivity contribution < 1.29 is 27.4 Å². The third-order valence-corrected chi connectivity index (χ3v) is 4.84. The number of benzene rings is 1. The second kappa shape index (κ2) is 6.77. The predicted molar refractivity (Wildman–Crippen MR) is 95.5 cm³/mol. The fourth-order valence-corrected chi connectivity index (χ4v) is 3.71. The molecule has 2 unspecified atom stereocenters. The van der Waals surface area contributed by atoms with Gasteiger partial charge in [-0.2, -0.15) is 13.2 Å². The van der Waals surface area contributed by atoms with Crippen LogP contribution in [-0.4, -0.2) is 35.8 Å². The quantitative estimate of drug-likeness (QED) is 0.698. The number of hydrogen-bond acceptors (Lipinski definition) is 3. The van der Waals surface area contributed by atoms with Crippen LogP contribution in [0.15, 0.2) is 24.3 Å². The summed E-state index contributed by atoms with van der Waals surface area (Å²) >= 11 is 0. The first-order valence-electron chi connectivity index (χ1n) is 8.96. The van der Waals surface area contributed by atoms with Gasteiger partial charge in [-0.3, -0.25) is 4.90 Å². The lowest BCUT2D eigenvalue weighted by Crippen LogP contribution is -2.45. The highest BCUT2D eigenvalue weighted by Crippen LogP contribution is 2.41. The van der Waals surface area contributed by atoms with E-state index in [0.29, 0.717) is 12.0 Å². The largest absolute Gasteiger partial charge is 0.497 e. The van der Waals surface area contributed by atoms with Crippen molar-refractivity contribution in [2.24, 2.45) is 0 Å². The summed E-state index contributed by atoms with van der Waals surface area (Å²) in [5.74, 6) is 0.169. The van der Waals surface area contributed by atoms with Crippen LogP contribution in [0, 0.1) is 0 Å². The lowest BCUT2D eigenvalue weighted by molar-refractivity contribution is -0.137. The van der Waals surface area contributed by atoms with Crippen LogP contribution in [-0.2, 0) is 10.9 Å². The Hall–Kier alpha value is -2.18. The Kier molecular flexibility index (Phi) is 4.91. The van der Waals surface area contributed by atoms with Gasteiger partial charge in [-0.25, -0.2) is 4.79 Å². The minimum absolute atomic E-state index is 0.0645.